The molecule has 4 heteroatoms. The molecule has 1 aliphatic heterocycles. The van der Waals surface area contributed by atoms with Crippen molar-refractivity contribution >= 4 is 10.0 Å². The zero-order chi connectivity index (χ0) is 14.8. The van der Waals surface area contributed by atoms with Gasteiger partial charge in [0, 0.05) is 12.1 Å². The molecular formula is C16H25NO2S. The lowest BCUT2D eigenvalue weighted by Crippen LogP contribution is -2.48. The van der Waals surface area contributed by atoms with Gasteiger partial charge in [0.2, 0.25) is 10.0 Å². The number of nitrogens with zero attached hydrogens (tertiary/aromatic N) is 1. The molecule has 0 amide bonds. The van der Waals surface area contributed by atoms with E-state index in [1.165, 1.54) is 0 Å². The summed E-state index contributed by atoms with van der Waals surface area (Å²) in [6, 6.07) is 7.47. The fraction of sp³-hybridized carbons (Fsp3) is 0.625. The standard InChI is InChI=1S/C16H25NO2S/c1-4-6-15-8-5-7-14(3)17(15)20(18,19)16-11-9-13(2)10-12-16/h9-12,14-15H,4-8H2,1-3H3/t14-,15+/m1/s1. The minimum absolute atomic E-state index is 0.103. The van der Waals surface area contributed by atoms with Crippen molar-refractivity contribution in [1.82, 2.24) is 4.31 Å². The summed E-state index contributed by atoms with van der Waals surface area (Å²) in [6.07, 6.45) is 5.06. The first-order valence-corrected chi connectivity index (χ1v) is 9.01. The molecule has 3 nitrogen and oxygen atoms in total. The van der Waals surface area contributed by atoms with Crippen molar-refractivity contribution in [3.8, 4) is 0 Å². The average Bonchev–Trinajstić information content (AvgIpc) is 2.39. The van der Waals surface area contributed by atoms with E-state index >= 15 is 0 Å². The highest BCUT2D eigenvalue weighted by molar-refractivity contribution is 7.89. The first-order valence-electron chi connectivity index (χ1n) is 7.57. The van der Waals surface area contributed by atoms with Crippen molar-refractivity contribution in [3.63, 3.8) is 0 Å². The second-order valence-electron chi connectivity index (χ2n) is 5.87. The van der Waals surface area contributed by atoms with Crippen molar-refractivity contribution < 1.29 is 8.42 Å². The molecule has 0 aliphatic carbocycles. The molecule has 112 valence electrons. The van der Waals surface area contributed by atoms with E-state index in [0.29, 0.717) is 4.90 Å². The SMILES string of the molecule is CCC[C@H]1CCC[C@@H](C)N1S(=O)(=O)c1ccc(C)cc1. The number of hydrogen-bond acceptors (Lipinski definition) is 2. The summed E-state index contributed by atoms with van der Waals surface area (Å²) in [6.45, 7) is 6.13. The second kappa shape index (κ2) is 6.27. The molecule has 1 saturated heterocycles. The molecule has 0 unspecified atom stereocenters. The molecule has 1 aliphatic rings. The van der Waals surface area contributed by atoms with Gasteiger partial charge in [-0.3, -0.25) is 0 Å². The molecular weight excluding hydrogens is 270 g/mol. The summed E-state index contributed by atoms with van der Waals surface area (Å²) in [5, 5.41) is 0. The number of piperidine rings is 1. The molecule has 1 aromatic carbocycles. The van der Waals surface area contributed by atoms with Crippen LogP contribution in [0.3, 0.4) is 0 Å². The van der Waals surface area contributed by atoms with Gasteiger partial charge in [-0.25, -0.2) is 8.42 Å². The molecule has 0 N–H and O–H groups in total. The molecule has 0 saturated carbocycles. The molecule has 0 aromatic heterocycles. The second-order valence-corrected chi connectivity index (χ2v) is 7.71. The van der Waals surface area contributed by atoms with Crippen molar-refractivity contribution in [2.24, 2.45) is 0 Å². The van der Waals surface area contributed by atoms with Crippen molar-refractivity contribution in [3.05, 3.63) is 29.8 Å². The van der Waals surface area contributed by atoms with Gasteiger partial charge in [0.1, 0.15) is 0 Å². The van der Waals surface area contributed by atoms with E-state index in [4.69, 9.17) is 0 Å². The van der Waals surface area contributed by atoms with E-state index in [1.54, 1.807) is 16.4 Å². The van der Waals surface area contributed by atoms with E-state index < -0.39 is 10.0 Å². The smallest absolute Gasteiger partial charge is 0.207 e. The third kappa shape index (κ3) is 3.07. The Bertz CT molecular complexity index is 534. The molecule has 2 atom stereocenters. The highest BCUT2D eigenvalue weighted by Gasteiger charge is 2.37. The Kier molecular flexibility index (Phi) is 4.86. The van der Waals surface area contributed by atoms with E-state index in [9.17, 15) is 8.42 Å². The average molecular weight is 295 g/mol. The van der Waals surface area contributed by atoms with E-state index in [0.717, 1.165) is 37.7 Å². The van der Waals surface area contributed by atoms with Gasteiger partial charge in [0.25, 0.3) is 0 Å². The number of hydrogen-bond donors (Lipinski definition) is 0. The van der Waals surface area contributed by atoms with E-state index in [-0.39, 0.29) is 12.1 Å². The number of sulfonamides is 1. The maximum atomic E-state index is 12.9. The van der Waals surface area contributed by atoms with E-state index in [1.807, 2.05) is 26.0 Å². The van der Waals surface area contributed by atoms with Gasteiger partial charge in [-0.05, 0) is 45.2 Å². The van der Waals surface area contributed by atoms with Crippen molar-refractivity contribution in [2.75, 3.05) is 0 Å². The minimum atomic E-state index is -3.37. The van der Waals surface area contributed by atoms with Gasteiger partial charge >= 0.3 is 0 Å². The summed E-state index contributed by atoms with van der Waals surface area (Å²) in [4.78, 5) is 0.429. The molecule has 1 heterocycles. The van der Waals surface area contributed by atoms with Crippen LogP contribution >= 0.6 is 0 Å². The quantitative estimate of drug-likeness (QED) is 0.849. The lowest BCUT2D eigenvalue weighted by Gasteiger charge is -2.39. The zero-order valence-electron chi connectivity index (χ0n) is 12.7. The number of benzene rings is 1. The number of aryl methyl sites for hydroxylation is 1. The van der Waals surface area contributed by atoms with Crippen LogP contribution < -0.4 is 0 Å². The lowest BCUT2D eigenvalue weighted by molar-refractivity contribution is 0.182. The van der Waals surface area contributed by atoms with Gasteiger partial charge in [-0.1, -0.05) is 37.5 Å². The zero-order valence-corrected chi connectivity index (χ0v) is 13.5. The summed E-state index contributed by atoms with van der Waals surface area (Å²) < 4.78 is 27.6. The highest BCUT2D eigenvalue weighted by atomic mass is 32.2. The Morgan fingerprint density at radius 1 is 1.20 bits per heavy atom. The van der Waals surface area contributed by atoms with Crippen LogP contribution in [-0.2, 0) is 10.0 Å². The summed E-state index contributed by atoms with van der Waals surface area (Å²) in [5.41, 5.74) is 1.08. The minimum Gasteiger partial charge on any atom is -0.207 e. The fourth-order valence-electron chi connectivity index (χ4n) is 3.13. The van der Waals surface area contributed by atoms with Gasteiger partial charge in [-0.2, -0.15) is 4.31 Å². The van der Waals surface area contributed by atoms with Crippen molar-refractivity contribution in [1.29, 1.82) is 0 Å². The van der Waals surface area contributed by atoms with Crippen LogP contribution in [0, 0.1) is 6.92 Å². The van der Waals surface area contributed by atoms with Crippen LogP contribution in [0.5, 0.6) is 0 Å². The first-order chi connectivity index (χ1) is 9.46. The number of rotatable bonds is 4. The normalized spacial score (nSPS) is 24.8. The summed E-state index contributed by atoms with van der Waals surface area (Å²) >= 11 is 0. The largest absolute Gasteiger partial charge is 0.243 e. The molecule has 0 bridgehead atoms. The third-order valence-corrected chi connectivity index (χ3v) is 6.25. The molecule has 1 aromatic rings. The Morgan fingerprint density at radius 3 is 2.45 bits per heavy atom. The lowest BCUT2D eigenvalue weighted by atomic mass is 9.96. The Labute approximate surface area is 123 Å². The van der Waals surface area contributed by atoms with Gasteiger partial charge < -0.3 is 0 Å². The molecule has 0 spiro atoms. The van der Waals surface area contributed by atoms with E-state index in [2.05, 4.69) is 6.92 Å². The fourth-order valence-corrected chi connectivity index (χ4v) is 5.04. The summed E-state index contributed by atoms with van der Waals surface area (Å²) in [7, 11) is -3.37. The molecule has 2 rings (SSSR count). The van der Waals surface area contributed by atoms with Crippen molar-refractivity contribution in [2.45, 2.75) is 69.9 Å². The Morgan fingerprint density at radius 2 is 1.85 bits per heavy atom. The van der Waals surface area contributed by atoms with Crippen LogP contribution in [0.15, 0.2) is 29.2 Å². The Hall–Kier alpha value is -0.870. The van der Waals surface area contributed by atoms with Crippen LogP contribution in [0.4, 0.5) is 0 Å². The Balaban J connectivity index is 2.36. The maximum absolute atomic E-state index is 12.9. The predicted molar refractivity (Wildman–Crippen MR) is 82.2 cm³/mol. The summed E-state index contributed by atoms with van der Waals surface area (Å²) in [5.74, 6) is 0. The van der Waals surface area contributed by atoms with Gasteiger partial charge in [0.15, 0.2) is 0 Å². The van der Waals surface area contributed by atoms with Gasteiger partial charge in [0.05, 0.1) is 4.90 Å². The highest BCUT2D eigenvalue weighted by Crippen LogP contribution is 2.31. The monoisotopic (exact) mass is 295 g/mol. The maximum Gasteiger partial charge on any atom is 0.243 e. The molecule has 0 radical (unpaired) electrons. The van der Waals surface area contributed by atoms with Gasteiger partial charge in [-0.15, -0.1) is 0 Å². The van der Waals surface area contributed by atoms with Crippen LogP contribution in [0.2, 0.25) is 0 Å². The van der Waals surface area contributed by atoms with Crippen LogP contribution in [0.25, 0.3) is 0 Å². The third-order valence-electron chi connectivity index (χ3n) is 4.17. The van der Waals surface area contributed by atoms with Crippen LogP contribution in [0.1, 0.15) is 51.5 Å². The van der Waals surface area contributed by atoms with Crippen LogP contribution in [-0.4, -0.2) is 24.8 Å². The topological polar surface area (TPSA) is 37.4 Å². The molecule has 1 fully saturated rings. The first kappa shape index (κ1) is 15.5. The molecule has 20 heavy (non-hydrogen) atoms. The predicted octanol–water partition coefficient (Wildman–Crippen LogP) is 3.73.